The van der Waals surface area contributed by atoms with Crippen LogP contribution in [-0.2, 0) is 6.42 Å². The lowest BCUT2D eigenvalue weighted by Gasteiger charge is -2.20. The summed E-state index contributed by atoms with van der Waals surface area (Å²) in [5.41, 5.74) is 5.15. The average molecular weight is 321 g/mol. The Bertz CT molecular complexity index is 852. The number of nitrogens with zero attached hydrogens (tertiary/aromatic N) is 2. The molecule has 0 saturated heterocycles. The lowest BCUT2D eigenvalue weighted by molar-refractivity contribution is 0.0760. The van der Waals surface area contributed by atoms with Crippen LogP contribution < -0.4 is 0 Å². The number of carbonyl (C=O) groups excluding carboxylic acids is 1. The number of nitrogens with one attached hydrogen (secondary N) is 1. The Labute approximate surface area is 142 Å². The van der Waals surface area contributed by atoms with Crippen molar-refractivity contribution < 1.29 is 4.79 Å². The summed E-state index contributed by atoms with van der Waals surface area (Å²) >= 11 is 0. The van der Waals surface area contributed by atoms with Crippen LogP contribution in [0, 0.1) is 13.8 Å². The zero-order valence-corrected chi connectivity index (χ0v) is 14.5. The van der Waals surface area contributed by atoms with Gasteiger partial charge >= 0.3 is 0 Å². The van der Waals surface area contributed by atoms with Gasteiger partial charge in [-0.2, -0.15) is 0 Å². The third-order valence-electron chi connectivity index (χ3n) is 4.52. The van der Waals surface area contributed by atoms with E-state index in [9.17, 15) is 4.79 Å². The Kier molecular flexibility index (Phi) is 4.65. The highest BCUT2D eigenvalue weighted by molar-refractivity contribution is 6.01. The molecule has 24 heavy (non-hydrogen) atoms. The molecule has 4 heteroatoms. The first kappa shape index (κ1) is 16.2. The number of likely N-dealkylation sites (N-methyl/N-ethyl adjacent to an activating group) is 1. The second-order valence-electron chi connectivity index (χ2n) is 6.16. The molecule has 3 rings (SSSR count). The molecule has 2 aromatic heterocycles. The fourth-order valence-electron chi connectivity index (χ4n) is 3.03. The van der Waals surface area contributed by atoms with E-state index in [0.717, 1.165) is 22.9 Å². The van der Waals surface area contributed by atoms with E-state index >= 15 is 0 Å². The normalized spacial score (nSPS) is 11.0. The van der Waals surface area contributed by atoms with Gasteiger partial charge in [0, 0.05) is 36.4 Å². The van der Waals surface area contributed by atoms with Crippen LogP contribution in [0.15, 0.2) is 42.7 Å². The van der Waals surface area contributed by atoms with Crippen LogP contribution in [-0.4, -0.2) is 33.9 Å². The third kappa shape index (κ3) is 3.18. The molecule has 0 saturated carbocycles. The van der Waals surface area contributed by atoms with Gasteiger partial charge in [-0.1, -0.05) is 11.6 Å². The van der Waals surface area contributed by atoms with E-state index in [1.54, 1.807) is 12.4 Å². The molecule has 0 radical (unpaired) electrons. The minimum atomic E-state index is 0.0675. The van der Waals surface area contributed by atoms with Gasteiger partial charge in [0.25, 0.3) is 5.91 Å². The van der Waals surface area contributed by atoms with Gasteiger partial charge in [0.1, 0.15) is 5.69 Å². The number of benzene rings is 1. The van der Waals surface area contributed by atoms with Crippen molar-refractivity contribution in [1.29, 1.82) is 0 Å². The second kappa shape index (κ2) is 6.87. The zero-order valence-electron chi connectivity index (χ0n) is 14.5. The highest BCUT2D eigenvalue weighted by Gasteiger charge is 2.19. The van der Waals surface area contributed by atoms with Crippen molar-refractivity contribution in [1.82, 2.24) is 14.9 Å². The number of aromatic amines is 1. The SMILES string of the molecule is CCN(CCc1ccncc1)C(=O)c1[nH]c2ccc(C)cc2c1C. The number of carbonyl (C=O) groups is 1. The molecular formula is C20H23N3O. The number of pyridine rings is 1. The van der Waals surface area contributed by atoms with E-state index in [0.29, 0.717) is 18.8 Å². The molecule has 0 unspecified atom stereocenters. The molecule has 0 fully saturated rings. The van der Waals surface area contributed by atoms with Gasteiger partial charge < -0.3 is 9.88 Å². The molecule has 0 aliphatic heterocycles. The summed E-state index contributed by atoms with van der Waals surface area (Å²) in [6.07, 6.45) is 4.41. The van der Waals surface area contributed by atoms with Crippen LogP contribution >= 0.6 is 0 Å². The lowest BCUT2D eigenvalue weighted by atomic mass is 10.1. The topological polar surface area (TPSA) is 49.0 Å². The largest absolute Gasteiger partial charge is 0.350 e. The first-order valence-corrected chi connectivity index (χ1v) is 8.37. The number of H-pyrrole nitrogens is 1. The smallest absolute Gasteiger partial charge is 0.270 e. The number of hydrogen-bond donors (Lipinski definition) is 1. The van der Waals surface area contributed by atoms with Gasteiger partial charge in [0.15, 0.2) is 0 Å². The summed E-state index contributed by atoms with van der Waals surface area (Å²) in [7, 11) is 0. The summed E-state index contributed by atoms with van der Waals surface area (Å²) < 4.78 is 0. The van der Waals surface area contributed by atoms with Crippen molar-refractivity contribution in [3.8, 4) is 0 Å². The predicted molar refractivity (Wildman–Crippen MR) is 97.3 cm³/mol. The van der Waals surface area contributed by atoms with Crippen molar-refractivity contribution in [3.05, 3.63) is 65.1 Å². The molecule has 2 heterocycles. The number of aryl methyl sites for hydroxylation is 2. The quantitative estimate of drug-likeness (QED) is 0.775. The van der Waals surface area contributed by atoms with Gasteiger partial charge in [0.2, 0.25) is 0 Å². The van der Waals surface area contributed by atoms with Crippen molar-refractivity contribution in [3.63, 3.8) is 0 Å². The van der Waals surface area contributed by atoms with Gasteiger partial charge in [0.05, 0.1) is 0 Å². The minimum Gasteiger partial charge on any atom is -0.350 e. The summed E-state index contributed by atoms with van der Waals surface area (Å²) in [5.74, 6) is 0.0675. The molecule has 1 amide bonds. The molecule has 4 nitrogen and oxygen atoms in total. The van der Waals surface area contributed by atoms with Gasteiger partial charge in [-0.05, 0) is 62.6 Å². The van der Waals surface area contributed by atoms with E-state index < -0.39 is 0 Å². The van der Waals surface area contributed by atoms with Gasteiger partial charge in [-0.15, -0.1) is 0 Å². The highest BCUT2D eigenvalue weighted by Crippen LogP contribution is 2.24. The van der Waals surface area contributed by atoms with E-state index in [2.05, 4.69) is 29.0 Å². The van der Waals surface area contributed by atoms with E-state index in [-0.39, 0.29) is 5.91 Å². The number of rotatable bonds is 5. The molecule has 0 aliphatic carbocycles. The Morgan fingerprint density at radius 2 is 1.92 bits per heavy atom. The Morgan fingerprint density at radius 1 is 1.17 bits per heavy atom. The minimum absolute atomic E-state index is 0.0675. The van der Waals surface area contributed by atoms with Crippen LogP contribution in [0.25, 0.3) is 10.9 Å². The lowest BCUT2D eigenvalue weighted by Crippen LogP contribution is -2.33. The Hall–Kier alpha value is -2.62. The number of hydrogen-bond acceptors (Lipinski definition) is 2. The van der Waals surface area contributed by atoms with Gasteiger partial charge in [-0.3, -0.25) is 9.78 Å². The van der Waals surface area contributed by atoms with Gasteiger partial charge in [-0.25, -0.2) is 0 Å². The van der Waals surface area contributed by atoms with Crippen LogP contribution in [0.4, 0.5) is 0 Å². The number of fused-ring (bicyclic) bond motifs is 1. The maximum absolute atomic E-state index is 13.0. The maximum Gasteiger partial charge on any atom is 0.270 e. The number of amides is 1. The van der Waals surface area contributed by atoms with Crippen LogP contribution in [0.5, 0.6) is 0 Å². The fourth-order valence-corrected chi connectivity index (χ4v) is 3.03. The van der Waals surface area contributed by atoms with Crippen molar-refractivity contribution in [2.75, 3.05) is 13.1 Å². The first-order valence-electron chi connectivity index (χ1n) is 8.37. The average Bonchev–Trinajstić information content (AvgIpc) is 2.92. The molecule has 0 aliphatic rings. The molecular weight excluding hydrogens is 298 g/mol. The monoisotopic (exact) mass is 321 g/mol. The van der Waals surface area contributed by atoms with Crippen LogP contribution in [0.1, 0.15) is 34.1 Å². The third-order valence-corrected chi connectivity index (χ3v) is 4.52. The molecule has 1 N–H and O–H groups in total. The zero-order chi connectivity index (χ0) is 17.1. The molecule has 0 bridgehead atoms. The first-order chi connectivity index (χ1) is 11.6. The van der Waals surface area contributed by atoms with Crippen LogP contribution in [0.2, 0.25) is 0 Å². The predicted octanol–water partition coefficient (Wildman–Crippen LogP) is 3.88. The standard InChI is InChI=1S/C20H23N3O/c1-4-23(12-9-16-7-10-21-11-8-16)20(24)19-15(3)17-13-14(2)5-6-18(17)22-19/h5-8,10-11,13,22H,4,9,12H2,1-3H3. The highest BCUT2D eigenvalue weighted by atomic mass is 16.2. The molecule has 124 valence electrons. The van der Waals surface area contributed by atoms with Crippen molar-refractivity contribution in [2.45, 2.75) is 27.2 Å². The maximum atomic E-state index is 13.0. The summed E-state index contributed by atoms with van der Waals surface area (Å²) in [5, 5.41) is 1.13. The molecule has 3 aromatic rings. The molecule has 0 spiro atoms. The summed E-state index contributed by atoms with van der Waals surface area (Å²) in [4.78, 5) is 22.2. The summed E-state index contributed by atoms with van der Waals surface area (Å²) in [6, 6.07) is 10.2. The van der Waals surface area contributed by atoms with E-state index in [4.69, 9.17) is 0 Å². The van der Waals surface area contributed by atoms with E-state index in [1.165, 1.54) is 11.1 Å². The molecule has 0 atom stereocenters. The second-order valence-corrected chi connectivity index (χ2v) is 6.16. The van der Waals surface area contributed by atoms with Crippen molar-refractivity contribution in [2.24, 2.45) is 0 Å². The van der Waals surface area contributed by atoms with Crippen molar-refractivity contribution >= 4 is 16.8 Å². The van der Waals surface area contributed by atoms with Crippen LogP contribution in [0.3, 0.4) is 0 Å². The van der Waals surface area contributed by atoms with E-state index in [1.807, 2.05) is 36.9 Å². The Balaban J connectivity index is 1.82. The Morgan fingerprint density at radius 3 is 2.62 bits per heavy atom. The molecule has 1 aromatic carbocycles. The number of aromatic nitrogens is 2. The summed E-state index contributed by atoms with van der Waals surface area (Å²) in [6.45, 7) is 7.50. The fraction of sp³-hybridized carbons (Fsp3) is 0.300.